The number of hydrogen-bond acceptors (Lipinski definition) is 6. The maximum absolute atomic E-state index is 12.7. The van der Waals surface area contributed by atoms with Gasteiger partial charge in [-0.15, -0.1) is 0 Å². The van der Waals surface area contributed by atoms with Crippen LogP contribution in [0.25, 0.3) is 33.1 Å². The minimum Gasteiger partial charge on any atom is -0.548 e. The fraction of sp³-hybridized carbons (Fsp3) is 0.138. The first-order chi connectivity index (χ1) is 17.4. The molecule has 180 valence electrons. The third-order valence-corrected chi connectivity index (χ3v) is 6.34. The molecule has 1 atom stereocenters. The molecule has 0 aliphatic rings. The van der Waals surface area contributed by atoms with Gasteiger partial charge in [-0.3, -0.25) is 4.79 Å². The van der Waals surface area contributed by atoms with Crippen molar-refractivity contribution >= 4 is 33.8 Å². The molecule has 0 saturated carbocycles. The van der Waals surface area contributed by atoms with Crippen molar-refractivity contribution in [3.63, 3.8) is 0 Å². The highest BCUT2D eigenvalue weighted by Gasteiger charge is 2.19. The number of rotatable bonds is 7. The standard InChI is InChI=1S/C29H23NO6/c1-17-20(12-13-26(31)30-27(28(32)33)19-10-6-3-7-11-19)29(34)36-25-15-24-22(14-21(17)25)23(16-35-24)18-8-4-2-5-9-18/h2-11,14-16,27H,12-13H2,1H3,(H,30,31)(H,32,33)/p-1/t27-/m1/s1. The molecule has 7 heteroatoms. The van der Waals surface area contributed by atoms with E-state index in [1.165, 1.54) is 0 Å². The van der Waals surface area contributed by atoms with Crippen LogP contribution in [0.4, 0.5) is 0 Å². The SMILES string of the molecule is Cc1c(CCC(=O)N[C@@H](C(=O)[O-])c2ccccc2)c(=O)oc2cc3occ(-c4ccccc4)c3cc12. The van der Waals surface area contributed by atoms with Crippen molar-refractivity contribution in [3.05, 3.63) is 106 Å². The second-order valence-corrected chi connectivity index (χ2v) is 8.58. The van der Waals surface area contributed by atoms with Crippen molar-refractivity contribution in [1.29, 1.82) is 0 Å². The van der Waals surface area contributed by atoms with Crippen LogP contribution in [0.1, 0.15) is 29.2 Å². The summed E-state index contributed by atoms with van der Waals surface area (Å²) in [6.45, 7) is 1.81. The Labute approximate surface area is 206 Å². The van der Waals surface area contributed by atoms with Gasteiger partial charge in [-0.1, -0.05) is 60.7 Å². The van der Waals surface area contributed by atoms with Crippen LogP contribution in [0.5, 0.6) is 0 Å². The molecule has 0 unspecified atom stereocenters. The zero-order valence-electron chi connectivity index (χ0n) is 19.4. The predicted octanol–water partition coefficient (Wildman–Crippen LogP) is 4.05. The van der Waals surface area contributed by atoms with Crippen molar-refractivity contribution in [2.45, 2.75) is 25.8 Å². The maximum atomic E-state index is 12.7. The number of fused-ring (bicyclic) bond motifs is 2. The smallest absolute Gasteiger partial charge is 0.339 e. The van der Waals surface area contributed by atoms with Crippen molar-refractivity contribution in [2.24, 2.45) is 0 Å². The number of aryl methyl sites for hydroxylation is 1. The van der Waals surface area contributed by atoms with Crippen molar-refractivity contribution in [3.8, 4) is 11.1 Å². The molecule has 0 aliphatic heterocycles. The first kappa shape index (κ1) is 23.1. The molecule has 3 aromatic carbocycles. The highest BCUT2D eigenvalue weighted by atomic mass is 16.4. The molecule has 1 N–H and O–H groups in total. The summed E-state index contributed by atoms with van der Waals surface area (Å²) >= 11 is 0. The molecule has 0 fully saturated rings. The first-order valence-electron chi connectivity index (χ1n) is 11.5. The van der Waals surface area contributed by atoms with E-state index in [1.807, 2.05) is 43.3 Å². The summed E-state index contributed by atoms with van der Waals surface area (Å²) in [4.78, 5) is 36.9. The molecule has 0 aliphatic carbocycles. The van der Waals surface area contributed by atoms with E-state index >= 15 is 0 Å². The Morgan fingerprint density at radius 2 is 1.64 bits per heavy atom. The van der Waals surface area contributed by atoms with Crippen LogP contribution in [0.3, 0.4) is 0 Å². The lowest BCUT2D eigenvalue weighted by molar-refractivity contribution is -0.308. The van der Waals surface area contributed by atoms with Crippen LogP contribution in [-0.2, 0) is 16.0 Å². The van der Waals surface area contributed by atoms with Gasteiger partial charge in [0.15, 0.2) is 0 Å². The van der Waals surface area contributed by atoms with Gasteiger partial charge in [0.2, 0.25) is 5.91 Å². The number of amides is 1. The van der Waals surface area contributed by atoms with E-state index in [2.05, 4.69) is 5.32 Å². The molecule has 5 rings (SSSR count). The van der Waals surface area contributed by atoms with Gasteiger partial charge in [0.05, 0.1) is 18.3 Å². The molecule has 36 heavy (non-hydrogen) atoms. The minimum absolute atomic E-state index is 0.0864. The molecule has 0 spiro atoms. The summed E-state index contributed by atoms with van der Waals surface area (Å²) in [5.74, 6) is -1.92. The van der Waals surface area contributed by atoms with Crippen LogP contribution in [0, 0.1) is 6.92 Å². The van der Waals surface area contributed by atoms with E-state index in [0.29, 0.717) is 27.9 Å². The third kappa shape index (κ3) is 4.38. The van der Waals surface area contributed by atoms with E-state index < -0.39 is 23.5 Å². The molecular formula is C29H22NO6-. The third-order valence-electron chi connectivity index (χ3n) is 6.34. The van der Waals surface area contributed by atoms with E-state index in [9.17, 15) is 19.5 Å². The molecule has 7 nitrogen and oxygen atoms in total. The number of hydrogen-bond donors (Lipinski definition) is 1. The van der Waals surface area contributed by atoms with Gasteiger partial charge in [-0.25, -0.2) is 4.79 Å². The Morgan fingerprint density at radius 1 is 0.944 bits per heavy atom. The predicted molar refractivity (Wildman–Crippen MR) is 133 cm³/mol. The quantitative estimate of drug-likeness (QED) is 0.352. The van der Waals surface area contributed by atoms with Crippen LogP contribution < -0.4 is 16.0 Å². The molecule has 0 radical (unpaired) electrons. The molecule has 2 aromatic heterocycles. The second kappa shape index (κ2) is 9.54. The van der Waals surface area contributed by atoms with Crippen molar-refractivity contribution in [2.75, 3.05) is 0 Å². The Balaban J connectivity index is 1.43. The van der Waals surface area contributed by atoms with Crippen molar-refractivity contribution in [1.82, 2.24) is 5.32 Å². The molecular weight excluding hydrogens is 458 g/mol. The zero-order chi connectivity index (χ0) is 25.2. The van der Waals surface area contributed by atoms with E-state index in [-0.39, 0.29) is 12.8 Å². The lowest BCUT2D eigenvalue weighted by Crippen LogP contribution is -2.41. The Kier molecular flexibility index (Phi) is 6.12. The van der Waals surface area contributed by atoms with E-state index in [0.717, 1.165) is 21.9 Å². The molecule has 0 bridgehead atoms. The summed E-state index contributed by atoms with van der Waals surface area (Å²) in [6.07, 6.45) is 1.69. The van der Waals surface area contributed by atoms with Crippen LogP contribution in [0.15, 0.2) is 92.7 Å². The minimum atomic E-state index is -1.41. The second-order valence-electron chi connectivity index (χ2n) is 8.58. The van der Waals surface area contributed by atoms with Crippen LogP contribution in [0.2, 0.25) is 0 Å². The number of benzene rings is 3. The lowest BCUT2D eigenvalue weighted by atomic mass is 9.98. The number of furan rings is 1. The van der Waals surface area contributed by atoms with Gasteiger partial charge < -0.3 is 24.1 Å². The summed E-state index contributed by atoms with van der Waals surface area (Å²) in [5.41, 5.74) is 3.87. The maximum Gasteiger partial charge on any atom is 0.339 e. The largest absolute Gasteiger partial charge is 0.548 e. The average Bonchev–Trinajstić information content (AvgIpc) is 3.30. The number of carboxylic acids is 1. The summed E-state index contributed by atoms with van der Waals surface area (Å²) < 4.78 is 11.3. The number of nitrogens with one attached hydrogen (secondary N) is 1. The number of carboxylic acid groups (broad SMARTS) is 1. The fourth-order valence-electron chi connectivity index (χ4n) is 4.44. The van der Waals surface area contributed by atoms with Gasteiger partial charge in [0, 0.05) is 34.4 Å². The highest BCUT2D eigenvalue weighted by molar-refractivity contribution is 6.02. The van der Waals surface area contributed by atoms with E-state index in [1.54, 1.807) is 42.7 Å². The average molecular weight is 480 g/mol. The van der Waals surface area contributed by atoms with Gasteiger partial charge in [0.25, 0.3) is 0 Å². The monoisotopic (exact) mass is 480 g/mol. The normalized spacial score (nSPS) is 12.0. The van der Waals surface area contributed by atoms with Crippen molar-refractivity contribution < 1.29 is 23.5 Å². The van der Waals surface area contributed by atoms with Crippen LogP contribution >= 0.6 is 0 Å². The first-order valence-corrected chi connectivity index (χ1v) is 11.5. The van der Waals surface area contributed by atoms with Gasteiger partial charge in [0.1, 0.15) is 11.2 Å². The summed E-state index contributed by atoms with van der Waals surface area (Å²) in [6, 6.07) is 20.5. The Hall–Kier alpha value is -4.65. The molecule has 2 heterocycles. The molecule has 0 saturated heterocycles. The van der Waals surface area contributed by atoms with Gasteiger partial charge >= 0.3 is 5.63 Å². The molecule has 5 aromatic rings. The Morgan fingerprint density at radius 3 is 2.33 bits per heavy atom. The van der Waals surface area contributed by atoms with Gasteiger partial charge in [-0.05, 0) is 36.1 Å². The fourth-order valence-corrected chi connectivity index (χ4v) is 4.44. The summed E-state index contributed by atoms with van der Waals surface area (Å²) in [7, 11) is 0. The topological polar surface area (TPSA) is 113 Å². The summed E-state index contributed by atoms with van der Waals surface area (Å²) in [5, 5.41) is 15.7. The lowest BCUT2D eigenvalue weighted by Gasteiger charge is -2.20. The van der Waals surface area contributed by atoms with E-state index in [4.69, 9.17) is 8.83 Å². The number of aliphatic carboxylic acids is 1. The van der Waals surface area contributed by atoms with Crippen LogP contribution in [-0.4, -0.2) is 11.9 Å². The number of carbonyl (C=O) groups is 2. The van der Waals surface area contributed by atoms with Gasteiger partial charge in [-0.2, -0.15) is 0 Å². The Bertz CT molecular complexity index is 1630. The number of carbonyl (C=O) groups excluding carboxylic acids is 2. The zero-order valence-corrected chi connectivity index (χ0v) is 19.4. The molecule has 1 amide bonds. The highest BCUT2D eigenvalue weighted by Crippen LogP contribution is 2.34.